The molecule has 0 atom stereocenters. The number of aromatic nitrogens is 2. The van der Waals surface area contributed by atoms with Crippen LogP contribution in [0.15, 0.2) is 74.4 Å². The molecule has 3 heterocycles. The molecule has 5 aromatic rings. The Morgan fingerprint density at radius 3 is 2.57 bits per heavy atom. The van der Waals surface area contributed by atoms with E-state index in [0.29, 0.717) is 40.5 Å². The van der Waals surface area contributed by atoms with Crippen LogP contribution < -0.4 is 10.0 Å². The number of amides is 1. The Hall–Kier alpha value is -3.88. The maximum absolute atomic E-state index is 13.1. The van der Waals surface area contributed by atoms with Crippen molar-refractivity contribution in [1.82, 2.24) is 14.9 Å². The molecule has 8 nitrogen and oxygen atoms in total. The van der Waals surface area contributed by atoms with Gasteiger partial charge in [0.05, 0.1) is 21.5 Å². The minimum absolute atomic E-state index is 0.136. The van der Waals surface area contributed by atoms with Gasteiger partial charge in [0.2, 0.25) is 5.91 Å². The molecule has 2 aromatic carbocycles. The van der Waals surface area contributed by atoms with E-state index in [1.165, 1.54) is 18.2 Å². The van der Waals surface area contributed by atoms with Gasteiger partial charge in [0.15, 0.2) is 5.76 Å². The molecule has 0 aliphatic carbocycles. The molecule has 0 bridgehead atoms. The third-order valence-corrected chi connectivity index (χ3v) is 10.1. The Morgan fingerprint density at radius 1 is 1.13 bits per heavy atom. The van der Waals surface area contributed by atoms with Crippen LogP contribution >= 0.6 is 27.3 Å². The summed E-state index contributed by atoms with van der Waals surface area (Å²) in [6, 6.07) is 15.2. The lowest BCUT2D eigenvalue weighted by atomic mass is 10.1. The van der Waals surface area contributed by atoms with Crippen LogP contribution in [-0.4, -0.2) is 35.9 Å². The SMILES string of the molecule is CCCc1nc(C)c(/C=C(\Cc2cccs2)C(=O)NCC)n1Cc1ccc2oc(-c3ccccc3NS(=O)(=O)C(F)(F)F)c(Br)c2c1. The van der Waals surface area contributed by atoms with Crippen LogP contribution in [-0.2, 0) is 34.2 Å². The van der Waals surface area contributed by atoms with Crippen LogP contribution in [0, 0.1) is 6.92 Å². The molecule has 0 radical (unpaired) electrons. The highest BCUT2D eigenvalue weighted by atomic mass is 79.9. The number of sulfonamides is 1. The number of carbonyl (C=O) groups is 1. The highest BCUT2D eigenvalue weighted by molar-refractivity contribution is 9.10. The molecule has 14 heteroatoms. The number of fused-ring (bicyclic) bond motifs is 1. The van der Waals surface area contributed by atoms with Crippen LogP contribution in [0.2, 0.25) is 0 Å². The molecule has 0 saturated carbocycles. The molecule has 0 aliphatic heterocycles. The van der Waals surface area contributed by atoms with E-state index in [2.05, 4.69) is 32.7 Å². The quantitative estimate of drug-likeness (QED) is 0.125. The fourth-order valence-electron chi connectivity index (χ4n) is 5.20. The van der Waals surface area contributed by atoms with Gasteiger partial charge in [0.25, 0.3) is 0 Å². The standard InChI is InChI=1S/C33H32BrF3N4O4S2/c1-4-9-29-39-20(3)27(18-22(32(42)38-5-2)17-23-10-8-15-46-23)41(29)19-21-13-14-28-25(16-21)30(34)31(45-28)24-11-6-7-12-26(24)40-47(43,44)33(35,36)37/h6-8,10-16,18,40H,4-5,9,17,19H2,1-3H3,(H,38,42)/b22-18+. The number of aryl methyl sites for hydroxylation is 2. The van der Waals surface area contributed by atoms with Gasteiger partial charge in [-0.15, -0.1) is 11.3 Å². The van der Waals surface area contributed by atoms with E-state index in [0.717, 1.165) is 40.5 Å². The zero-order valence-electron chi connectivity index (χ0n) is 25.7. The first-order valence-electron chi connectivity index (χ1n) is 14.8. The summed E-state index contributed by atoms with van der Waals surface area (Å²) in [4.78, 5) is 19.1. The summed E-state index contributed by atoms with van der Waals surface area (Å²) in [5, 5.41) is 5.55. The minimum Gasteiger partial charge on any atom is -0.455 e. The van der Waals surface area contributed by atoms with E-state index in [1.54, 1.807) is 28.2 Å². The number of alkyl halides is 3. The number of carbonyl (C=O) groups excluding carboxylic acids is 1. The zero-order chi connectivity index (χ0) is 33.9. The average Bonchev–Trinajstić information content (AvgIpc) is 3.72. The summed E-state index contributed by atoms with van der Waals surface area (Å²) in [5.74, 6) is 0.909. The Kier molecular flexibility index (Phi) is 10.3. The van der Waals surface area contributed by atoms with Crippen molar-refractivity contribution in [2.24, 2.45) is 0 Å². The van der Waals surface area contributed by atoms with Gasteiger partial charge in [0.1, 0.15) is 11.4 Å². The van der Waals surface area contributed by atoms with Gasteiger partial charge in [0, 0.05) is 47.3 Å². The molecule has 3 aromatic heterocycles. The van der Waals surface area contributed by atoms with Gasteiger partial charge in [-0.3, -0.25) is 9.52 Å². The molecule has 0 saturated heterocycles. The largest absolute Gasteiger partial charge is 0.516 e. The first-order valence-corrected chi connectivity index (χ1v) is 17.9. The summed E-state index contributed by atoms with van der Waals surface area (Å²) in [6.45, 7) is 6.80. The Balaban J connectivity index is 1.55. The van der Waals surface area contributed by atoms with Gasteiger partial charge in [-0.1, -0.05) is 31.2 Å². The number of nitrogens with one attached hydrogen (secondary N) is 2. The van der Waals surface area contributed by atoms with E-state index in [4.69, 9.17) is 9.40 Å². The van der Waals surface area contributed by atoms with Crippen molar-refractivity contribution in [2.75, 3.05) is 11.3 Å². The van der Waals surface area contributed by atoms with Crippen molar-refractivity contribution in [3.8, 4) is 11.3 Å². The van der Waals surface area contributed by atoms with Gasteiger partial charge >= 0.3 is 15.5 Å². The summed E-state index contributed by atoms with van der Waals surface area (Å²) in [5.41, 5.74) is -2.04. The second-order valence-corrected chi connectivity index (χ2v) is 14.3. The predicted octanol–water partition coefficient (Wildman–Crippen LogP) is 8.45. The van der Waals surface area contributed by atoms with E-state index < -0.39 is 15.5 Å². The molecule has 5 rings (SSSR count). The number of nitrogens with zero attached hydrogens (tertiary/aromatic N) is 2. The number of furan rings is 1. The number of rotatable bonds is 12. The third-order valence-electron chi connectivity index (χ3n) is 7.38. The number of anilines is 1. The van der Waals surface area contributed by atoms with Gasteiger partial charge in [-0.2, -0.15) is 21.6 Å². The third kappa shape index (κ3) is 7.49. The summed E-state index contributed by atoms with van der Waals surface area (Å²) < 4.78 is 73.4. The zero-order valence-corrected chi connectivity index (χ0v) is 29.0. The van der Waals surface area contributed by atoms with Gasteiger partial charge in [-0.25, -0.2) is 4.98 Å². The van der Waals surface area contributed by atoms with Gasteiger partial charge in [-0.05, 0) is 83.5 Å². The Labute approximate surface area is 282 Å². The normalized spacial score (nSPS) is 12.5. The van der Waals surface area contributed by atoms with Crippen molar-refractivity contribution in [3.05, 3.63) is 97.7 Å². The molecule has 1 amide bonds. The number of thiophene rings is 1. The first-order chi connectivity index (χ1) is 22.3. The monoisotopic (exact) mass is 748 g/mol. The Morgan fingerprint density at radius 2 is 1.89 bits per heavy atom. The van der Waals surface area contributed by atoms with E-state index in [9.17, 15) is 26.4 Å². The molecular weight excluding hydrogens is 717 g/mol. The number of imidazole rings is 1. The summed E-state index contributed by atoms with van der Waals surface area (Å²) >= 11 is 5.13. The molecule has 0 aliphatic rings. The fraction of sp³-hybridized carbons (Fsp3) is 0.273. The maximum atomic E-state index is 13.1. The van der Waals surface area contributed by atoms with E-state index in [-0.39, 0.29) is 22.9 Å². The van der Waals surface area contributed by atoms with Crippen LogP contribution in [0.4, 0.5) is 18.9 Å². The molecule has 47 heavy (non-hydrogen) atoms. The molecule has 2 N–H and O–H groups in total. The molecule has 248 valence electrons. The second kappa shape index (κ2) is 14.1. The Bertz CT molecular complexity index is 2050. The molecule has 0 spiro atoms. The first kappa shape index (κ1) is 34.5. The highest BCUT2D eigenvalue weighted by Gasteiger charge is 2.46. The predicted molar refractivity (Wildman–Crippen MR) is 183 cm³/mol. The number of hydrogen-bond donors (Lipinski definition) is 2. The second-order valence-electron chi connectivity index (χ2n) is 10.8. The molecule has 0 fully saturated rings. The van der Waals surface area contributed by atoms with Crippen molar-refractivity contribution in [2.45, 2.75) is 52.1 Å². The van der Waals surface area contributed by atoms with Crippen LogP contribution in [0.3, 0.4) is 0 Å². The maximum Gasteiger partial charge on any atom is 0.516 e. The molecular formula is C33H32BrF3N4O4S2. The topological polar surface area (TPSA) is 106 Å². The van der Waals surface area contributed by atoms with E-state index in [1.807, 2.05) is 49.6 Å². The molecule has 0 unspecified atom stereocenters. The summed E-state index contributed by atoms with van der Waals surface area (Å²) in [7, 11) is -5.65. The van der Waals surface area contributed by atoms with Crippen LogP contribution in [0.5, 0.6) is 0 Å². The minimum atomic E-state index is -5.65. The van der Waals surface area contributed by atoms with Gasteiger partial charge < -0.3 is 14.3 Å². The van der Waals surface area contributed by atoms with E-state index >= 15 is 0 Å². The van der Waals surface area contributed by atoms with Crippen LogP contribution in [0.25, 0.3) is 28.4 Å². The average molecular weight is 750 g/mol. The number of likely N-dealkylation sites (N-methyl/N-ethyl adjacent to an activating group) is 1. The smallest absolute Gasteiger partial charge is 0.455 e. The van der Waals surface area contributed by atoms with Crippen molar-refractivity contribution < 1.29 is 30.8 Å². The lowest BCUT2D eigenvalue weighted by molar-refractivity contribution is -0.117. The number of hydrogen-bond acceptors (Lipinski definition) is 6. The lowest BCUT2D eigenvalue weighted by Gasteiger charge is -2.13. The van der Waals surface area contributed by atoms with Crippen LogP contribution in [0.1, 0.15) is 47.9 Å². The summed E-state index contributed by atoms with van der Waals surface area (Å²) in [6.07, 6.45) is 3.98. The number of halogens is 4. The lowest BCUT2D eigenvalue weighted by Crippen LogP contribution is -2.30. The number of para-hydroxylation sites is 1. The van der Waals surface area contributed by atoms with Crippen molar-refractivity contribution >= 4 is 65.9 Å². The van der Waals surface area contributed by atoms with Crippen molar-refractivity contribution in [1.29, 1.82) is 0 Å². The fourth-order valence-corrected chi connectivity index (χ4v) is 7.11. The number of benzene rings is 2. The van der Waals surface area contributed by atoms with Crippen molar-refractivity contribution in [3.63, 3.8) is 0 Å². The highest BCUT2D eigenvalue weighted by Crippen LogP contribution is 2.42.